The van der Waals surface area contributed by atoms with E-state index in [2.05, 4.69) is 15.3 Å². The lowest BCUT2D eigenvalue weighted by atomic mass is 10.3. The van der Waals surface area contributed by atoms with Crippen LogP contribution in [0.2, 0.25) is 0 Å². The van der Waals surface area contributed by atoms with Crippen LogP contribution in [0.1, 0.15) is 18.8 Å². The minimum atomic E-state index is -3.97. The van der Waals surface area contributed by atoms with Crippen LogP contribution < -0.4 is 0 Å². The summed E-state index contributed by atoms with van der Waals surface area (Å²) in [6, 6.07) is 1.49. The molecule has 0 saturated carbocycles. The number of nitrogens with zero attached hydrogens (tertiary/aromatic N) is 5. The molecule has 110 valence electrons. The van der Waals surface area contributed by atoms with Crippen molar-refractivity contribution in [3.05, 3.63) is 24.3 Å². The van der Waals surface area contributed by atoms with E-state index in [1.807, 2.05) is 6.92 Å². The molecule has 0 aromatic carbocycles. The summed E-state index contributed by atoms with van der Waals surface area (Å²) in [4.78, 5) is 0. The Morgan fingerprint density at radius 1 is 1.45 bits per heavy atom. The fraction of sp³-hybridized carbons (Fsp3) is 0.500. The molecule has 0 amide bonds. The highest BCUT2D eigenvalue weighted by atomic mass is 35.7. The summed E-state index contributed by atoms with van der Waals surface area (Å²) in [5.74, 6) is 0.449. The zero-order valence-electron chi connectivity index (χ0n) is 11.0. The molecular formula is C10H14ClN5O3S. The van der Waals surface area contributed by atoms with Crippen molar-refractivity contribution in [2.45, 2.75) is 24.7 Å². The highest BCUT2D eigenvalue weighted by Crippen LogP contribution is 2.20. The van der Waals surface area contributed by atoms with Gasteiger partial charge in [-0.05, 0) is 13.0 Å². The fourth-order valence-corrected chi connectivity index (χ4v) is 2.74. The average molecular weight is 320 g/mol. The van der Waals surface area contributed by atoms with E-state index in [0.717, 1.165) is 0 Å². The van der Waals surface area contributed by atoms with E-state index in [-0.39, 0.29) is 17.7 Å². The maximum absolute atomic E-state index is 11.5. The Balaban J connectivity index is 2.45. The molecule has 8 nitrogen and oxygen atoms in total. The van der Waals surface area contributed by atoms with E-state index in [4.69, 9.17) is 15.4 Å². The van der Waals surface area contributed by atoms with Gasteiger partial charge in [0.05, 0.1) is 13.2 Å². The molecule has 0 bridgehead atoms. The van der Waals surface area contributed by atoms with Gasteiger partial charge in [-0.2, -0.15) is 5.10 Å². The molecule has 2 aromatic heterocycles. The Labute approximate surface area is 120 Å². The third kappa shape index (κ3) is 3.00. The number of halogens is 1. The summed E-state index contributed by atoms with van der Waals surface area (Å²) in [6.45, 7) is 2.44. The first-order valence-electron chi connectivity index (χ1n) is 5.81. The summed E-state index contributed by atoms with van der Waals surface area (Å²) >= 11 is 0. The van der Waals surface area contributed by atoms with Crippen molar-refractivity contribution >= 4 is 19.7 Å². The molecule has 0 radical (unpaired) electrons. The smallest absolute Gasteiger partial charge is 0.296 e. The van der Waals surface area contributed by atoms with Gasteiger partial charge in [0.15, 0.2) is 5.82 Å². The van der Waals surface area contributed by atoms with Crippen molar-refractivity contribution in [3.8, 4) is 0 Å². The summed E-state index contributed by atoms with van der Waals surface area (Å²) in [5.41, 5.74) is 0. The zero-order valence-corrected chi connectivity index (χ0v) is 12.5. The number of hydrogen-bond donors (Lipinski definition) is 0. The lowest BCUT2D eigenvalue weighted by molar-refractivity contribution is 0.182. The topological polar surface area (TPSA) is 91.9 Å². The van der Waals surface area contributed by atoms with Crippen molar-refractivity contribution in [1.82, 2.24) is 24.5 Å². The Morgan fingerprint density at radius 3 is 2.75 bits per heavy atom. The minimum Gasteiger partial charge on any atom is -0.383 e. The van der Waals surface area contributed by atoms with Gasteiger partial charge in [-0.1, -0.05) is 0 Å². The normalized spacial score (nSPS) is 13.6. The second-order valence-electron chi connectivity index (χ2n) is 4.09. The van der Waals surface area contributed by atoms with Crippen LogP contribution in [-0.4, -0.2) is 46.7 Å². The van der Waals surface area contributed by atoms with E-state index in [9.17, 15) is 8.42 Å². The summed E-state index contributed by atoms with van der Waals surface area (Å²) in [6.07, 6.45) is 3.39. The molecule has 20 heavy (non-hydrogen) atoms. The summed E-state index contributed by atoms with van der Waals surface area (Å²) in [7, 11) is 2.93. The molecule has 0 saturated heterocycles. The SMILES string of the molecule is COCCn1c(C(C)n2cccn2)nnc1S(=O)(=O)Cl. The van der Waals surface area contributed by atoms with Gasteiger partial charge in [-0.15, -0.1) is 10.2 Å². The molecular weight excluding hydrogens is 306 g/mol. The Morgan fingerprint density at radius 2 is 2.20 bits per heavy atom. The molecule has 0 fully saturated rings. The molecule has 2 rings (SSSR count). The first-order valence-corrected chi connectivity index (χ1v) is 8.12. The van der Waals surface area contributed by atoms with Gasteiger partial charge in [0, 0.05) is 30.2 Å². The number of ether oxygens (including phenoxy) is 1. The Bertz CT molecular complexity index is 667. The maximum atomic E-state index is 11.5. The van der Waals surface area contributed by atoms with Gasteiger partial charge in [0.1, 0.15) is 6.04 Å². The standard InChI is InChI=1S/C10H14ClN5O3S/c1-8(16-5-3-4-12-16)9-13-14-10(20(11,17)18)15(9)6-7-19-2/h3-5,8H,6-7H2,1-2H3. The van der Waals surface area contributed by atoms with E-state index < -0.39 is 9.05 Å². The minimum absolute atomic E-state index is 0.276. The van der Waals surface area contributed by atoms with Crippen LogP contribution in [0.4, 0.5) is 0 Å². The second kappa shape index (κ2) is 5.90. The van der Waals surface area contributed by atoms with Gasteiger partial charge in [0.2, 0.25) is 0 Å². The van der Waals surface area contributed by atoms with Crippen molar-refractivity contribution in [3.63, 3.8) is 0 Å². The van der Waals surface area contributed by atoms with Gasteiger partial charge in [-0.25, -0.2) is 8.42 Å². The third-order valence-corrected chi connectivity index (χ3v) is 3.93. The van der Waals surface area contributed by atoms with Crippen molar-refractivity contribution in [2.24, 2.45) is 0 Å². The summed E-state index contributed by atoms with van der Waals surface area (Å²) in [5, 5.41) is 11.4. The zero-order chi connectivity index (χ0) is 14.8. The lowest BCUT2D eigenvalue weighted by Crippen LogP contribution is -2.18. The first-order chi connectivity index (χ1) is 9.45. The van der Waals surface area contributed by atoms with Crippen LogP contribution in [0.25, 0.3) is 0 Å². The molecule has 10 heteroatoms. The molecule has 0 aliphatic heterocycles. The van der Waals surface area contributed by atoms with Crippen LogP contribution in [0.15, 0.2) is 23.6 Å². The highest BCUT2D eigenvalue weighted by molar-refractivity contribution is 8.13. The van der Waals surface area contributed by atoms with Gasteiger partial charge in [-0.3, -0.25) is 9.25 Å². The monoisotopic (exact) mass is 319 g/mol. The van der Waals surface area contributed by atoms with Crippen LogP contribution in [0, 0.1) is 0 Å². The van der Waals surface area contributed by atoms with Crippen molar-refractivity contribution < 1.29 is 13.2 Å². The molecule has 2 aromatic rings. The molecule has 0 aliphatic carbocycles. The van der Waals surface area contributed by atoms with Gasteiger partial charge >= 0.3 is 0 Å². The number of hydrogen-bond acceptors (Lipinski definition) is 6. The van der Waals surface area contributed by atoms with Gasteiger partial charge < -0.3 is 4.74 Å². The molecule has 0 N–H and O–H groups in total. The predicted molar refractivity (Wildman–Crippen MR) is 71.0 cm³/mol. The fourth-order valence-electron chi connectivity index (χ4n) is 1.81. The Kier molecular flexibility index (Phi) is 4.41. The van der Waals surface area contributed by atoms with Crippen molar-refractivity contribution in [2.75, 3.05) is 13.7 Å². The first kappa shape index (κ1) is 14.9. The Hall–Kier alpha value is -1.45. The van der Waals surface area contributed by atoms with E-state index >= 15 is 0 Å². The van der Waals surface area contributed by atoms with Crippen LogP contribution in [-0.2, 0) is 20.3 Å². The van der Waals surface area contributed by atoms with E-state index in [1.165, 1.54) is 11.7 Å². The number of methoxy groups -OCH3 is 1. The molecule has 0 spiro atoms. The van der Waals surface area contributed by atoms with E-state index in [1.54, 1.807) is 23.1 Å². The number of rotatable bonds is 6. The van der Waals surface area contributed by atoms with Gasteiger partial charge in [0.25, 0.3) is 14.2 Å². The second-order valence-corrected chi connectivity index (χ2v) is 6.54. The quantitative estimate of drug-likeness (QED) is 0.726. The third-order valence-electron chi connectivity index (χ3n) is 2.78. The van der Waals surface area contributed by atoms with Crippen LogP contribution >= 0.6 is 10.7 Å². The number of aromatic nitrogens is 5. The largest absolute Gasteiger partial charge is 0.383 e. The van der Waals surface area contributed by atoms with E-state index in [0.29, 0.717) is 12.4 Å². The molecule has 1 atom stereocenters. The highest BCUT2D eigenvalue weighted by Gasteiger charge is 2.25. The summed E-state index contributed by atoms with van der Waals surface area (Å²) < 4.78 is 31.1. The molecule has 0 aliphatic rings. The predicted octanol–water partition coefficient (Wildman–Crippen LogP) is 0.658. The molecule has 2 heterocycles. The van der Waals surface area contributed by atoms with Crippen LogP contribution in [0.3, 0.4) is 0 Å². The average Bonchev–Trinajstić information content (AvgIpc) is 3.03. The molecule has 1 unspecified atom stereocenters. The van der Waals surface area contributed by atoms with Crippen LogP contribution in [0.5, 0.6) is 0 Å². The lowest BCUT2D eigenvalue weighted by Gasteiger charge is -2.14. The van der Waals surface area contributed by atoms with Crippen molar-refractivity contribution in [1.29, 1.82) is 0 Å². The maximum Gasteiger partial charge on any atom is 0.296 e.